The van der Waals surface area contributed by atoms with Crippen molar-refractivity contribution in [1.29, 1.82) is 0 Å². The Labute approximate surface area is 112 Å². The molecule has 2 fully saturated rings. The number of pyridine rings is 1. The van der Waals surface area contributed by atoms with E-state index in [0.717, 1.165) is 38.0 Å². The van der Waals surface area contributed by atoms with Crippen molar-refractivity contribution in [2.45, 2.75) is 37.8 Å². The van der Waals surface area contributed by atoms with Crippen molar-refractivity contribution in [2.75, 3.05) is 18.1 Å². The van der Waals surface area contributed by atoms with Crippen molar-refractivity contribution in [3.63, 3.8) is 0 Å². The average Bonchev–Trinajstić information content (AvgIpc) is 3.12. The molecule has 1 amide bonds. The van der Waals surface area contributed by atoms with E-state index in [0.29, 0.717) is 11.7 Å². The summed E-state index contributed by atoms with van der Waals surface area (Å²) in [5.41, 5.74) is 0.466. The first kappa shape index (κ1) is 12.4. The fourth-order valence-electron chi connectivity index (χ4n) is 2.52. The minimum atomic E-state index is -0.0934. The highest BCUT2D eigenvalue weighted by Gasteiger charge is 2.27. The predicted molar refractivity (Wildman–Crippen MR) is 72.2 cm³/mol. The van der Waals surface area contributed by atoms with Gasteiger partial charge in [0.05, 0.1) is 12.6 Å². The molecule has 0 bridgehead atoms. The van der Waals surface area contributed by atoms with Gasteiger partial charge >= 0.3 is 0 Å². The Balaban J connectivity index is 1.76. The molecular formula is C14H19N3O2. The van der Waals surface area contributed by atoms with Gasteiger partial charge in [0.25, 0.3) is 5.91 Å². The standard InChI is InChI=1S/C14H19N3O2/c18-9-11-3-2-8-17(11)13-5-1-4-12(16-13)14(19)15-10-6-7-10/h1,4-5,10-11,18H,2-3,6-9H2,(H,15,19). The van der Waals surface area contributed by atoms with Gasteiger partial charge in [0, 0.05) is 12.6 Å². The van der Waals surface area contributed by atoms with Crippen LogP contribution in [0.5, 0.6) is 0 Å². The number of aliphatic hydroxyl groups excluding tert-OH is 1. The van der Waals surface area contributed by atoms with Crippen molar-refractivity contribution in [3.05, 3.63) is 23.9 Å². The van der Waals surface area contributed by atoms with Gasteiger partial charge in [-0.15, -0.1) is 0 Å². The molecule has 0 spiro atoms. The molecule has 0 aromatic carbocycles. The first-order valence-corrected chi connectivity index (χ1v) is 6.93. The van der Waals surface area contributed by atoms with Gasteiger partial charge in [-0.3, -0.25) is 4.79 Å². The number of carbonyl (C=O) groups is 1. The number of rotatable bonds is 4. The maximum absolute atomic E-state index is 12.0. The van der Waals surface area contributed by atoms with Gasteiger partial charge in [0.15, 0.2) is 0 Å². The summed E-state index contributed by atoms with van der Waals surface area (Å²) in [6.07, 6.45) is 4.19. The van der Waals surface area contributed by atoms with Crippen LogP contribution in [-0.2, 0) is 0 Å². The predicted octanol–water partition coefficient (Wildman–Crippen LogP) is 0.935. The average molecular weight is 261 g/mol. The van der Waals surface area contributed by atoms with Crippen molar-refractivity contribution in [2.24, 2.45) is 0 Å². The largest absolute Gasteiger partial charge is 0.394 e. The lowest BCUT2D eigenvalue weighted by Gasteiger charge is -2.24. The van der Waals surface area contributed by atoms with Gasteiger partial charge in [-0.1, -0.05) is 6.07 Å². The summed E-state index contributed by atoms with van der Waals surface area (Å²) in [7, 11) is 0. The maximum Gasteiger partial charge on any atom is 0.270 e. The molecule has 5 heteroatoms. The summed E-state index contributed by atoms with van der Waals surface area (Å²) >= 11 is 0. The summed E-state index contributed by atoms with van der Waals surface area (Å²) in [4.78, 5) is 18.5. The van der Waals surface area contributed by atoms with Gasteiger partial charge in [-0.2, -0.15) is 0 Å². The monoisotopic (exact) mass is 261 g/mol. The molecule has 2 N–H and O–H groups in total. The van der Waals surface area contributed by atoms with Crippen LogP contribution in [0.1, 0.15) is 36.2 Å². The topological polar surface area (TPSA) is 65.5 Å². The van der Waals surface area contributed by atoms with Crippen LogP contribution in [0.2, 0.25) is 0 Å². The lowest BCUT2D eigenvalue weighted by molar-refractivity contribution is 0.0946. The molecule has 19 heavy (non-hydrogen) atoms. The smallest absolute Gasteiger partial charge is 0.270 e. The van der Waals surface area contributed by atoms with Crippen LogP contribution in [0.3, 0.4) is 0 Å². The number of carbonyl (C=O) groups excluding carboxylic acids is 1. The van der Waals surface area contributed by atoms with E-state index in [4.69, 9.17) is 0 Å². The van der Waals surface area contributed by atoms with E-state index in [9.17, 15) is 9.90 Å². The first-order chi connectivity index (χ1) is 9.28. The molecular weight excluding hydrogens is 242 g/mol. The normalized spacial score (nSPS) is 22.6. The minimum Gasteiger partial charge on any atom is -0.394 e. The molecule has 5 nitrogen and oxygen atoms in total. The molecule has 1 aromatic heterocycles. The SMILES string of the molecule is O=C(NC1CC1)c1cccc(N2CCCC2CO)n1. The second-order valence-electron chi connectivity index (χ2n) is 5.30. The van der Waals surface area contributed by atoms with Gasteiger partial charge in [-0.25, -0.2) is 4.98 Å². The van der Waals surface area contributed by atoms with E-state index in [1.54, 1.807) is 6.07 Å². The van der Waals surface area contributed by atoms with Gasteiger partial charge in [-0.05, 0) is 37.8 Å². The molecule has 3 rings (SSSR count). The van der Waals surface area contributed by atoms with Gasteiger partial charge in [0.2, 0.25) is 0 Å². The van der Waals surface area contributed by atoms with E-state index >= 15 is 0 Å². The highest BCUT2D eigenvalue weighted by Crippen LogP contribution is 2.24. The van der Waals surface area contributed by atoms with Crippen LogP contribution in [-0.4, -0.2) is 41.2 Å². The van der Waals surface area contributed by atoms with E-state index in [-0.39, 0.29) is 18.6 Å². The van der Waals surface area contributed by atoms with E-state index < -0.39 is 0 Å². The number of hydrogen-bond donors (Lipinski definition) is 2. The fraction of sp³-hybridized carbons (Fsp3) is 0.571. The quantitative estimate of drug-likeness (QED) is 0.846. The van der Waals surface area contributed by atoms with Crippen molar-refractivity contribution in [1.82, 2.24) is 10.3 Å². The van der Waals surface area contributed by atoms with Crippen LogP contribution in [0.4, 0.5) is 5.82 Å². The molecule has 1 aliphatic heterocycles. The lowest BCUT2D eigenvalue weighted by Crippen LogP contribution is -2.33. The minimum absolute atomic E-state index is 0.0934. The Kier molecular flexibility index (Phi) is 3.38. The summed E-state index contributed by atoms with van der Waals surface area (Å²) in [5.74, 6) is 0.698. The molecule has 1 aromatic rings. The molecule has 2 aliphatic rings. The third-order valence-corrected chi connectivity index (χ3v) is 3.76. The third-order valence-electron chi connectivity index (χ3n) is 3.76. The summed E-state index contributed by atoms with van der Waals surface area (Å²) in [6, 6.07) is 5.98. The number of hydrogen-bond acceptors (Lipinski definition) is 4. The maximum atomic E-state index is 12.0. The first-order valence-electron chi connectivity index (χ1n) is 6.93. The molecule has 102 valence electrons. The molecule has 1 saturated heterocycles. The van der Waals surface area contributed by atoms with Crippen molar-refractivity contribution >= 4 is 11.7 Å². The number of nitrogens with one attached hydrogen (secondary N) is 1. The van der Waals surface area contributed by atoms with Gasteiger partial charge < -0.3 is 15.3 Å². The molecule has 0 radical (unpaired) electrons. The number of amides is 1. The van der Waals surface area contributed by atoms with Crippen LogP contribution >= 0.6 is 0 Å². The zero-order chi connectivity index (χ0) is 13.2. The van der Waals surface area contributed by atoms with Gasteiger partial charge in [0.1, 0.15) is 11.5 Å². The van der Waals surface area contributed by atoms with E-state index in [1.165, 1.54) is 0 Å². The highest BCUT2D eigenvalue weighted by molar-refractivity contribution is 5.93. The number of aliphatic hydroxyl groups is 1. The molecule has 1 atom stereocenters. The number of aromatic nitrogens is 1. The zero-order valence-corrected chi connectivity index (χ0v) is 10.9. The summed E-state index contributed by atoms with van der Waals surface area (Å²) in [5, 5.41) is 12.3. The van der Waals surface area contributed by atoms with Crippen LogP contribution in [0, 0.1) is 0 Å². The molecule has 1 aliphatic carbocycles. The second-order valence-corrected chi connectivity index (χ2v) is 5.30. The Bertz CT molecular complexity index is 474. The van der Waals surface area contributed by atoms with E-state index in [1.807, 2.05) is 12.1 Å². The Hall–Kier alpha value is -1.62. The van der Waals surface area contributed by atoms with E-state index in [2.05, 4.69) is 15.2 Å². The summed E-state index contributed by atoms with van der Waals surface area (Å²) < 4.78 is 0. The molecule has 2 heterocycles. The number of anilines is 1. The zero-order valence-electron chi connectivity index (χ0n) is 10.9. The lowest BCUT2D eigenvalue weighted by atomic mass is 10.2. The van der Waals surface area contributed by atoms with Crippen molar-refractivity contribution < 1.29 is 9.90 Å². The Morgan fingerprint density at radius 3 is 3.00 bits per heavy atom. The molecule has 1 saturated carbocycles. The Morgan fingerprint density at radius 2 is 2.26 bits per heavy atom. The number of nitrogens with zero attached hydrogens (tertiary/aromatic N) is 2. The highest BCUT2D eigenvalue weighted by atomic mass is 16.3. The van der Waals surface area contributed by atoms with Crippen molar-refractivity contribution in [3.8, 4) is 0 Å². The summed E-state index contributed by atoms with van der Waals surface area (Å²) in [6.45, 7) is 1.03. The fourth-order valence-corrected chi connectivity index (χ4v) is 2.52. The Morgan fingerprint density at radius 1 is 1.42 bits per heavy atom. The van der Waals surface area contributed by atoms with Crippen LogP contribution in [0.25, 0.3) is 0 Å². The van der Waals surface area contributed by atoms with Crippen LogP contribution in [0.15, 0.2) is 18.2 Å². The van der Waals surface area contributed by atoms with Crippen LogP contribution < -0.4 is 10.2 Å². The third kappa shape index (κ3) is 2.71. The second kappa shape index (κ2) is 5.17. The molecule has 1 unspecified atom stereocenters.